The van der Waals surface area contributed by atoms with Crippen molar-refractivity contribution in [3.63, 3.8) is 0 Å². The third kappa shape index (κ3) is 2.82. The number of hydrogen-bond donors (Lipinski definition) is 1. The monoisotopic (exact) mass is 319 g/mol. The SMILES string of the molecule is O=c1c(NC2CCCCC2)c(-c2ccccc2)oc2ccccc12. The molecule has 0 unspecified atom stereocenters. The van der Waals surface area contributed by atoms with Crippen LogP contribution in [0.3, 0.4) is 0 Å². The number of para-hydroxylation sites is 1. The van der Waals surface area contributed by atoms with Crippen molar-refractivity contribution in [3.05, 3.63) is 64.8 Å². The van der Waals surface area contributed by atoms with Gasteiger partial charge in [0.05, 0.1) is 5.39 Å². The summed E-state index contributed by atoms with van der Waals surface area (Å²) in [6.07, 6.45) is 5.95. The molecule has 1 aliphatic rings. The second kappa shape index (κ2) is 6.52. The van der Waals surface area contributed by atoms with Crippen LogP contribution in [0, 0.1) is 0 Å². The third-order valence-corrected chi connectivity index (χ3v) is 4.79. The molecule has 4 rings (SSSR count). The average molecular weight is 319 g/mol. The average Bonchev–Trinajstić information content (AvgIpc) is 2.65. The van der Waals surface area contributed by atoms with Gasteiger partial charge in [-0.25, -0.2) is 0 Å². The number of hydrogen-bond acceptors (Lipinski definition) is 3. The van der Waals surface area contributed by atoms with Crippen LogP contribution in [-0.4, -0.2) is 6.04 Å². The largest absolute Gasteiger partial charge is 0.454 e. The highest BCUT2D eigenvalue weighted by Gasteiger charge is 2.20. The van der Waals surface area contributed by atoms with E-state index in [0.29, 0.717) is 28.5 Å². The number of nitrogens with one attached hydrogen (secondary N) is 1. The van der Waals surface area contributed by atoms with Gasteiger partial charge in [0, 0.05) is 11.6 Å². The van der Waals surface area contributed by atoms with Gasteiger partial charge in [0.2, 0.25) is 5.43 Å². The van der Waals surface area contributed by atoms with E-state index in [1.54, 1.807) is 0 Å². The van der Waals surface area contributed by atoms with Crippen LogP contribution in [0.25, 0.3) is 22.3 Å². The highest BCUT2D eigenvalue weighted by molar-refractivity contribution is 5.86. The van der Waals surface area contributed by atoms with Crippen LogP contribution in [-0.2, 0) is 0 Å². The van der Waals surface area contributed by atoms with Gasteiger partial charge in [-0.3, -0.25) is 4.79 Å². The molecule has 0 bridgehead atoms. The summed E-state index contributed by atoms with van der Waals surface area (Å²) in [5.74, 6) is 0.643. The fourth-order valence-electron chi connectivity index (χ4n) is 3.52. The minimum Gasteiger partial charge on any atom is -0.454 e. The van der Waals surface area contributed by atoms with E-state index in [-0.39, 0.29) is 5.43 Å². The minimum absolute atomic E-state index is 0.0290. The van der Waals surface area contributed by atoms with E-state index in [0.717, 1.165) is 18.4 Å². The van der Waals surface area contributed by atoms with Crippen LogP contribution >= 0.6 is 0 Å². The fourth-order valence-corrected chi connectivity index (χ4v) is 3.52. The van der Waals surface area contributed by atoms with Crippen LogP contribution in [0.4, 0.5) is 5.69 Å². The van der Waals surface area contributed by atoms with E-state index >= 15 is 0 Å². The lowest BCUT2D eigenvalue weighted by atomic mass is 9.95. The van der Waals surface area contributed by atoms with Gasteiger partial charge < -0.3 is 9.73 Å². The molecular formula is C21H21NO2. The lowest BCUT2D eigenvalue weighted by molar-refractivity contribution is 0.461. The molecule has 3 heteroatoms. The Bertz CT molecular complexity index is 893. The molecule has 24 heavy (non-hydrogen) atoms. The van der Waals surface area contributed by atoms with E-state index < -0.39 is 0 Å². The van der Waals surface area contributed by atoms with E-state index in [2.05, 4.69) is 5.32 Å². The Morgan fingerprint density at radius 2 is 1.58 bits per heavy atom. The van der Waals surface area contributed by atoms with Gasteiger partial charge in [-0.05, 0) is 25.0 Å². The summed E-state index contributed by atoms with van der Waals surface area (Å²) in [7, 11) is 0. The topological polar surface area (TPSA) is 42.2 Å². The second-order valence-electron chi connectivity index (χ2n) is 6.48. The van der Waals surface area contributed by atoms with Gasteiger partial charge in [-0.15, -0.1) is 0 Å². The lowest BCUT2D eigenvalue weighted by Crippen LogP contribution is -2.26. The predicted molar refractivity (Wildman–Crippen MR) is 98.4 cm³/mol. The summed E-state index contributed by atoms with van der Waals surface area (Å²) in [6, 6.07) is 17.7. The van der Waals surface area contributed by atoms with E-state index in [9.17, 15) is 4.79 Å². The molecule has 1 aromatic heterocycles. The summed E-state index contributed by atoms with van der Waals surface area (Å²) in [6.45, 7) is 0. The van der Waals surface area contributed by atoms with Crippen LogP contribution in [0.1, 0.15) is 32.1 Å². The van der Waals surface area contributed by atoms with Gasteiger partial charge in [0.1, 0.15) is 11.3 Å². The summed E-state index contributed by atoms with van der Waals surface area (Å²) >= 11 is 0. The van der Waals surface area contributed by atoms with Gasteiger partial charge in [0.15, 0.2) is 5.76 Å². The molecule has 0 aliphatic heterocycles. The zero-order valence-electron chi connectivity index (χ0n) is 13.6. The maximum absolute atomic E-state index is 13.1. The molecule has 0 saturated heterocycles. The van der Waals surface area contributed by atoms with Crippen LogP contribution in [0.5, 0.6) is 0 Å². The number of benzene rings is 2. The van der Waals surface area contributed by atoms with E-state index in [4.69, 9.17) is 4.42 Å². The molecule has 0 radical (unpaired) electrons. The van der Waals surface area contributed by atoms with Crippen molar-refractivity contribution in [1.82, 2.24) is 0 Å². The molecule has 122 valence electrons. The van der Waals surface area contributed by atoms with E-state index in [1.165, 1.54) is 19.3 Å². The van der Waals surface area contributed by atoms with Gasteiger partial charge in [0.25, 0.3) is 0 Å². The molecule has 0 spiro atoms. The van der Waals surface area contributed by atoms with Crippen LogP contribution in [0.2, 0.25) is 0 Å². The Labute approximate surface area is 141 Å². The Morgan fingerprint density at radius 1 is 0.875 bits per heavy atom. The van der Waals surface area contributed by atoms with Crippen molar-refractivity contribution >= 4 is 16.7 Å². The molecule has 0 amide bonds. The van der Waals surface area contributed by atoms with Crippen molar-refractivity contribution in [1.29, 1.82) is 0 Å². The Kier molecular flexibility index (Phi) is 4.08. The lowest BCUT2D eigenvalue weighted by Gasteiger charge is -2.24. The van der Waals surface area contributed by atoms with Gasteiger partial charge in [-0.1, -0.05) is 61.7 Å². The fraction of sp³-hybridized carbons (Fsp3) is 0.286. The maximum atomic E-state index is 13.1. The predicted octanol–water partition coefficient (Wildman–Crippen LogP) is 5.20. The highest BCUT2D eigenvalue weighted by Crippen LogP contribution is 2.31. The van der Waals surface area contributed by atoms with Crippen LogP contribution in [0.15, 0.2) is 63.8 Å². The first-order chi connectivity index (χ1) is 11.8. The smallest absolute Gasteiger partial charge is 0.216 e. The molecule has 1 heterocycles. The Balaban J connectivity index is 1.88. The molecule has 3 nitrogen and oxygen atoms in total. The molecule has 1 saturated carbocycles. The summed E-state index contributed by atoms with van der Waals surface area (Å²) < 4.78 is 6.14. The number of anilines is 1. The van der Waals surface area contributed by atoms with Crippen molar-refractivity contribution in [2.75, 3.05) is 5.32 Å². The van der Waals surface area contributed by atoms with Gasteiger partial charge in [-0.2, -0.15) is 0 Å². The first kappa shape index (κ1) is 15.0. The number of fused-ring (bicyclic) bond motifs is 1. The van der Waals surface area contributed by atoms with Crippen molar-refractivity contribution in [2.24, 2.45) is 0 Å². The summed E-state index contributed by atoms with van der Waals surface area (Å²) in [5, 5.41) is 4.14. The van der Waals surface area contributed by atoms with Crippen LogP contribution < -0.4 is 10.7 Å². The van der Waals surface area contributed by atoms with Gasteiger partial charge >= 0.3 is 0 Å². The van der Waals surface area contributed by atoms with Crippen molar-refractivity contribution < 1.29 is 4.42 Å². The highest BCUT2D eigenvalue weighted by atomic mass is 16.3. The second-order valence-corrected chi connectivity index (χ2v) is 6.48. The summed E-state index contributed by atoms with van der Waals surface area (Å²) in [5.41, 5.74) is 2.20. The Morgan fingerprint density at radius 3 is 2.38 bits per heavy atom. The van der Waals surface area contributed by atoms with E-state index in [1.807, 2.05) is 54.6 Å². The zero-order valence-corrected chi connectivity index (χ0v) is 13.6. The molecule has 2 aromatic carbocycles. The normalized spacial score (nSPS) is 15.5. The molecule has 3 aromatic rings. The zero-order chi connectivity index (χ0) is 16.4. The standard InChI is InChI=1S/C21H21NO2/c23-20-17-13-7-8-14-18(17)24-21(15-9-3-1-4-10-15)19(20)22-16-11-5-2-6-12-16/h1,3-4,7-10,13-14,16,22H,2,5-6,11-12H2. The first-order valence-corrected chi connectivity index (χ1v) is 8.71. The first-order valence-electron chi connectivity index (χ1n) is 8.71. The minimum atomic E-state index is 0.0290. The molecule has 0 atom stereocenters. The molecule has 1 N–H and O–H groups in total. The van der Waals surface area contributed by atoms with Crippen molar-refractivity contribution in [3.8, 4) is 11.3 Å². The van der Waals surface area contributed by atoms with Crippen molar-refractivity contribution in [2.45, 2.75) is 38.1 Å². The molecular weight excluding hydrogens is 298 g/mol. The molecule has 1 fully saturated rings. The molecule has 1 aliphatic carbocycles. The summed E-state index contributed by atoms with van der Waals surface area (Å²) in [4.78, 5) is 13.1. The quantitative estimate of drug-likeness (QED) is 0.721. The Hall–Kier alpha value is -2.55. The third-order valence-electron chi connectivity index (χ3n) is 4.79. The maximum Gasteiger partial charge on any atom is 0.216 e. The number of rotatable bonds is 3.